The zero-order valence-corrected chi connectivity index (χ0v) is 13.7. The number of amides is 1. The third-order valence-corrected chi connectivity index (χ3v) is 5.24. The van der Waals surface area contributed by atoms with Crippen molar-refractivity contribution in [2.45, 2.75) is 69.6 Å². The lowest BCUT2D eigenvalue weighted by atomic mass is 9.89. The average Bonchev–Trinajstić information content (AvgIpc) is 3.08. The van der Waals surface area contributed by atoms with E-state index in [-0.39, 0.29) is 18.1 Å². The maximum absolute atomic E-state index is 12.0. The van der Waals surface area contributed by atoms with Gasteiger partial charge in [-0.05, 0) is 37.8 Å². The van der Waals surface area contributed by atoms with Crippen molar-refractivity contribution in [1.82, 2.24) is 10.2 Å². The lowest BCUT2D eigenvalue weighted by molar-refractivity contribution is -0.122. The van der Waals surface area contributed by atoms with Crippen molar-refractivity contribution in [2.24, 2.45) is 0 Å². The number of aliphatic hydroxyl groups excluding tert-OH is 1. The van der Waals surface area contributed by atoms with Crippen LogP contribution in [-0.4, -0.2) is 47.2 Å². The van der Waals surface area contributed by atoms with Crippen LogP contribution in [0, 0.1) is 0 Å². The van der Waals surface area contributed by atoms with Crippen LogP contribution < -0.4 is 5.32 Å². The number of hydrogen-bond donors (Lipinski definition) is 2. The summed E-state index contributed by atoms with van der Waals surface area (Å²) in [6, 6.07) is 4.36. The molecule has 2 unspecified atom stereocenters. The average molecular weight is 320 g/mol. The Hall–Kier alpha value is -1.33. The number of furan rings is 1. The topological polar surface area (TPSA) is 65.7 Å². The van der Waals surface area contributed by atoms with Crippen molar-refractivity contribution in [3.63, 3.8) is 0 Å². The molecule has 2 aliphatic rings. The van der Waals surface area contributed by atoms with E-state index in [9.17, 15) is 9.90 Å². The first-order valence-electron chi connectivity index (χ1n) is 8.96. The highest BCUT2D eigenvalue weighted by molar-refractivity contribution is 5.76. The highest BCUT2D eigenvalue weighted by Gasteiger charge is 2.31. The summed E-state index contributed by atoms with van der Waals surface area (Å²) < 4.78 is 5.25. The number of nitrogens with one attached hydrogen (secondary N) is 1. The van der Waals surface area contributed by atoms with Crippen molar-refractivity contribution in [3.8, 4) is 0 Å². The predicted octanol–water partition coefficient (Wildman–Crippen LogP) is 2.10. The van der Waals surface area contributed by atoms with Gasteiger partial charge in [-0.15, -0.1) is 0 Å². The molecule has 1 saturated carbocycles. The quantitative estimate of drug-likeness (QED) is 0.872. The van der Waals surface area contributed by atoms with Crippen molar-refractivity contribution in [2.75, 3.05) is 13.1 Å². The van der Waals surface area contributed by atoms with Crippen LogP contribution in [0.15, 0.2) is 22.8 Å². The number of hydrogen-bond acceptors (Lipinski definition) is 4. The van der Waals surface area contributed by atoms with Gasteiger partial charge in [0.2, 0.25) is 5.91 Å². The molecular formula is C18H28N2O3. The molecule has 1 aliphatic carbocycles. The van der Waals surface area contributed by atoms with Gasteiger partial charge in [-0.1, -0.05) is 12.8 Å². The molecule has 2 fully saturated rings. The van der Waals surface area contributed by atoms with Crippen LogP contribution in [0.25, 0.3) is 0 Å². The summed E-state index contributed by atoms with van der Waals surface area (Å²) in [5.74, 6) is 0.971. The summed E-state index contributed by atoms with van der Waals surface area (Å²) in [7, 11) is 0. The summed E-state index contributed by atoms with van der Waals surface area (Å²) in [5.41, 5.74) is 0. The largest absolute Gasteiger partial charge is 0.469 e. The molecular weight excluding hydrogens is 292 g/mol. The fourth-order valence-electron chi connectivity index (χ4n) is 3.88. The Balaban J connectivity index is 1.37. The predicted molar refractivity (Wildman–Crippen MR) is 88.0 cm³/mol. The monoisotopic (exact) mass is 320 g/mol. The Morgan fingerprint density at radius 2 is 2.04 bits per heavy atom. The summed E-state index contributed by atoms with van der Waals surface area (Å²) in [6.07, 6.45) is 9.01. The van der Waals surface area contributed by atoms with Gasteiger partial charge >= 0.3 is 0 Å². The van der Waals surface area contributed by atoms with E-state index in [4.69, 9.17) is 4.42 Å². The molecule has 3 rings (SSSR count). The van der Waals surface area contributed by atoms with Crippen molar-refractivity contribution in [3.05, 3.63) is 24.2 Å². The minimum atomic E-state index is -0.164. The van der Waals surface area contributed by atoms with Crippen LogP contribution in [0.2, 0.25) is 0 Å². The Kier molecular flexibility index (Phi) is 5.73. The van der Waals surface area contributed by atoms with E-state index in [0.29, 0.717) is 18.9 Å². The summed E-state index contributed by atoms with van der Waals surface area (Å²) >= 11 is 0. The normalized spacial score (nSPS) is 27.0. The number of aliphatic hydroxyl groups is 1. The van der Waals surface area contributed by atoms with Crippen LogP contribution in [-0.2, 0) is 11.2 Å². The first kappa shape index (κ1) is 16.5. The fraction of sp³-hybridized carbons (Fsp3) is 0.722. The molecule has 1 aliphatic heterocycles. The fourth-order valence-corrected chi connectivity index (χ4v) is 3.88. The molecule has 0 radical (unpaired) electrons. The molecule has 1 amide bonds. The first-order valence-corrected chi connectivity index (χ1v) is 8.96. The van der Waals surface area contributed by atoms with Crippen molar-refractivity contribution >= 4 is 5.91 Å². The summed E-state index contributed by atoms with van der Waals surface area (Å²) in [6.45, 7) is 1.95. The molecule has 1 aromatic heterocycles. The van der Waals surface area contributed by atoms with E-state index in [1.54, 1.807) is 6.26 Å². The molecule has 128 valence electrons. The van der Waals surface area contributed by atoms with Gasteiger partial charge < -0.3 is 14.8 Å². The SMILES string of the molecule is O=C(CCc1ccco1)NC1CCN(C2CCCCC2O)CC1. The van der Waals surface area contributed by atoms with Gasteiger partial charge in [0, 0.05) is 38.0 Å². The maximum atomic E-state index is 12.0. The lowest BCUT2D eigenvalue weighted by Gasteiger charge is -2.41. The Morgan fingerprint density at radius 3 is 2.74 bits per heavy atom. The minimum Gasteiger partial charge on any atom is -0.469 e. The van der Waals surface area contributed by atoms with Gasteiger partial charge in [0.15, 0.2) is 0 Å². The van der Waals surface area contributed by atoms with E-state index in [1.165, 1.54) is 6.42 Å². The highest BCUT2D eigenvalue weighted by atomic mass is 16.3. The molecule has 5 heteroatoms. The number of carbonyl (C=O) groups is 1. The van der Waals surface area contributed by atoms with Crippen LogP contribution in [0.3, 0.4) is 0 Å². The van der Waals surface area contributed by atoms with E-state index >= 15 is 0 Å². The summed E-state index contributed by atoms with van der Waals surface area (Å²) in [4.78, 5) is 14.5. The van der Waals surface area contributed by atoms with Crippen LogP contribution >= 0.6 is 0 Å². The smallest absolute Gasteiger partial charge is 0.220 e. The van der Waals surface area contributed by atoms with E-state index in [2.05, 4.69) is 10.2 Å². The number of nitrogens with zero attached hydrogens (tertiary/aromatic N) is 1. The molecule has 5 nitrogen and oxygen atoms in total. The van der Waals surface area contributed by atoms with Crippen LogP contribution in [0.5, 0.6) is 0 Å². The lowest BCUT2D eigenvalue weighted by Crippen LogP contribution is -2.52. The van der Waals surface area contributed by atoms with Crippen molar-refractivity contribution < 1.29 is 14.3 Å². The van der Waals surface area contributed by atoms with E-state index in [1.807, 2.05) is 12.1 Å². The molecule has 2 N–H and O–H groups in total. The Bertz CT molecular complexity index is 480. The van der Waals surface area contributed by atoms with Gasteiger partial charge in [0.05, 0.1) is 12.4 Å². The number of aryl methyl sites for hydroxylation is 1. The third kappa shape index (κ3) is 4.58. The number of carbonyl (C=O) groups excluding carboxylic acids is 1. The summed E-state index contributed by atoms with van der Waals surface area (Å²) in [5, 5.41) is 13.3. The number of likely N-dealkylation sites (tertiary alicyclic amines) is 1. The van der Waals surface area contributed by atoms with E-state index in [0.717, 1.165) is 51.0 Å². The standard InChI is InChI=1S/C18H28N2O3/c21-17-6-2-1-5-16(17)20-11-9-14(10-12-20)19-18(22)8-7-15-4-3-13-23-15/h3-4,13-14,16-17,21H,1-2,5-12H2,(H,19,22). The first-order chi connectivity index (χ1) is 11.2. The molecule has 0 spiro atoms. The van der Waals surface area contributed by atoms with Crippen LogP contribution in [0.4, 0.5) is 0 Å². The molecule has 0 aromatic carbocycles. The second-order valence-electron chi connectivity index (χ2n) is 6.88. The zero-order valence-electron chi connectivity index (χ0n) is 13.7. The Labute approximate surface area is 138 Å². The maximum Gasteiger partial charge on any atom is 0.220 e. The third-order valence-electron chi connectivity index (χ3n) is 5.24. The molecule has 1 saturated heterocycles. The van der Waals surface area contributed by atoms with E-state index < -0.39 is 0 Å². The van der Waals surface area contributed by atoms with Crippen molar-refractivity contribution in [1.29, 1.82) is 0 Å². The molecule has 23 heavy (non-hydrogen) atoms. The van der Waals surface area contributed by atoms with Gasteiger partial charge in [-0.3, -0.25) is 9.69 Å². The second-order valence-corrected chi connectivity index (χ2v) is 6.88. The number of rotatable bonds is 5. The van der Waals surface area contributed by atoms with Gasteiger partial charge in [0.25, 0.3) is 0 Å². The molecule has 1 aromatic rings. The Morgan fingerprint density at radius 1 is 1.26 bits per heavy atom. The highest BCUT2D eigenvalue weighted by Crippen LogP contribution is 2.25. The van der Waals surface area contributed by atoms with Gasteiger partial charge in [0.1, 0.15) is 5.76 Å². The van der Waals surface area contributed by atoms with Gasteiger partial charge in [-0.2, -0.15) is 0 Å². The van der Waals surface area contributed by atoms with Gasteiger partial charge in [-0.25, -0.2) is 0 Å². The minimum absolute atomic E-state index is 0.109. The molecule has 2 atom stereocenters. The molecule has 0 bridgehead atoms. The zero-order chi connectivity index (χ0) is 16.1. The van der Waals surface area contributed by atoms with Crippen LogP contribution in [0.1, 0.15) is 50.7 Å². The second kappa shape index (κ2) is 7.97. The number of piperidine rings is 1. The molecule has 2 heterocycles.